The number of piperidine rings is 1. The zero-order chi connectivity index (χ0) is 22.3. The summed E-state index contributed by atoms with van der Waals surface area (Å²) in [5, 5.41) is 3.42. The number of hydrogen-bond acceptors (Lipinski definition) is 6. The molecular weight excluding hydrogens is 409 g/mol. The van der Waals surface area contributed by atoms with Gasteiger partial charge < -0.3 is 19.9 Å². The maximum Gasteiger partial charge on any atom is 0.258 e. The van der Waals surface area contributed by atoms with Crippen LogP contribution in [0.4, 0.5) is 10.2 Å². The first kappa shape index (κ1) is 21.1. The maximum atomic E-state index is 14.1. The standard InChI is InChI=1S/C24H30FN5O2/c1-16(2)30(18-4-5-18)23(31)19-11-17(25)3-6-20(19)32-21-12-27-15-28-22(21)29-13-24(14-29)7-9-26-10-8-24/h3,6,11-12,15-16,18,26H,4-5,7-10,13-14H2,1-2H3. The second kappa shape index (κ2) is 8.31. The lowest BCUT2D eigenvalue weighted by atomic mass is 9.72. The summed E-state index contributed by atoms with van der Waals surface area (Å²) in [5.41, 5.74) is 0.575. The predicted molar refractivity (Wildman–Crippen MR) is 120 cm³/mol. The molecular formula is C24H30FN5O2. The van der Waals surface area contributed by atoms with Crippen LogP contribution in [0.15, 0.2) is 30.7 Å². The summed E-state index contributed by atoms with van der Waals surface area (Å²) in [6, 6.07) is 4.36. The minimum absolute atomic E-state index is 0.0315. The van der Waals surface area contributed by atoms with Crippen molar-refractivity contribution in [2.75, 3.05) is 31.1 Å². The van der Waals surface area contributed by atoms with Crippen LogP contribution in [-0.2, 0) is 0 Å². The lowest BCUT2D eigenvalue weighted by molar-refractivity contribution is 0.0687. The van der Waals surface area contributed by atoms with E-state index in [1.165, 1.54) is 24.5 Å². The summed E-state index contributed by atoms with van der Waals surface area (Å²) in [6.07, 6.45) is 7.42. The van der Waals surface area contributed by atoms with Gasteiger partial charge in [0, 0.05) is 30.6 Å². The number of ether oxygens (including phenoxy) is 1. The van der Waals surface area contributed by atoms with Crippen LogP contribution >= 0.6 is 0 Å². The van der Waals surface area contributed by atoms with E-state index in [0.29, 0.717) is 16.9 Å². The van der Waals surface area contributed by atoms with Gasteiger partial charge in [0.25, 0.3) is 5.91 Å². The third-order valence-electron chi connectivity index (χ3n) is 6.80. The second-order valence-electron chi connectivity index (χ2n) is 9.60. The molecule has 170 valence electrons. The minimum atomic E-state index is -0.458. The number of halogens is 1. The number of carbonyl (C=O) groups is 1. The Bertz CT molecular complexity index is 994. The van der Waals surface area contributed by atoms with E-state index in [1.807, 2.05) is 18.7 Å². The van der Waals surface area contributed by atoms with Crippen LogP contribution in [0.1, 0.15) is 49.9 Å². The zero-order valence-electron chi connectivity index (χ0n) is 18.7. The molecule has 0 atom stereocenters. The Labute approximate surface area is 188 Å². The highest BCUT2D eigenvalue weighted by molar-refractivity contribution is 5.97. The molecule has 1 spiro atoms. The van der Waals surface area contributed by atoms with Gasteiger partial charge in [-0.05, 0) is 70.8 Å². The third kappa shape index (κ3) is 4.03. The van der Waals surface area contributed by atoms with Crippen molar-refractivity contribution in [1.29, 1.82) is 0 Å². The lowest BCUT2D eigenvalue weighted by Crippen LogP contribution is -2.60. The summed E-state index contributed by atoms with van der Waals surface area (Å²) in [6.45, 7) is 7.93. The van der Waals surface area contributed by atoms with Gasteiger partial charge in [0.2, 0.25) is 0 Å². The molecule has 1 N–H and O–H groups in total. The van der Waals surface area contributed by atoms with E-state index in [2.05, 4.69) is 20.2 Å². The monoisotopic (exact) mass is 439 g/mol. The summed E-state index contributed by atoms with van der Waals surface area (Å²) < 4.78 is 20.3. The Hall–Kier alpha value is -2.74. The highest BCUT2D eigenvalue weighted by Gasteiger charge is 2.45. The highest BCUT2D eigenvalue weighted by Crippen LogP contribution is 2.44. The fraction of sp³-hybridized carbons (Fsp3) is 0.542. The second-order valence-corrected chi connectivity index (χ2v) is 9.60. The number of nitrogens with one attached hydrogen (secondary N) is 1. The van der Waals surface area contributed by atoms with Gasteiger partial charge >= 0.3 is 0 Å². The average molecular weight is 440 g/mol. The average Bonchev–Trinajstić information content (AvgIpc) is 3.59. The van der Waals surface area contributed by atoms with Crippen molar-refractivity contribution in [3.05, 3.63) is 42.1 Å². The summed E-state index contributed by atoms with van der Waals surface area (Å²) >= 11 is 0. The van der Waals surface area contributed by atoms with Crippen LogP contribution in [0.2, 0.25) is 0 Å². The third-order valence-corrected chi connectivity index (χ3v) is 6.80. The Morgan fingerprint density at radius 1 is 1.25 bits per heavy atom. The summed E-state index contributed by atoms with van der Waals surface area (Å²) in [7, 11) is 0. The van der Waals surface area contributed by atoms with Gasteiger partial charge in [0.15, 0.2) is 11.6 Å². The van der Waals surface area contributed by atoms with Crippen molar-refractivity contribution in [1.82, 2.24) is 20.2 Å². The van der Waals surface area contributed by atoms with E-state index >= 15 is 0 Å². The smallest absolute Gasteiger partial charge is 0.258 e. The Balaban J connectivity index is 1.40. The fourth-order valence-electron chi connectivity index (χ4n) is 5.00. The molecule has 0 radical (unpaired) electrons. The number of amides is 1. The molecule has 8 heteroatoms. The van der Waals surface area contributed by atoms with Crippen LogP contribution in [0.25, 0.3) is 0 Å². The van der Waals surface area contributed by atoms with Crippen molar-refractivity contribution < 1.29 is 13.9 Å². The highest BCUT2D eigenvalue weighted by atomic mass is 19.1. The number of benzene rings is 1. The minimum Gasteiger partial charge on any atom is -0.451 e. The molecule has 2 aromatic rings. The molecule has 32 heavy (non-hydrogen) atoms. The Morgan fingerprint density at radius 2 is 2.00 bits per heavy atom. The molecule has 7 nitrogen and oxygen atoms in total. The lowest BCUT2D eigenvalue weighted by Gasteiger charge is -2.53. The van der Waals surface area contributed by atoms with E-state index in [9.17, 15) is 9.18 Å². The predicted octanol–water partition coefficient (Wildman–Crippen LogP) is 3.61. The molecule has 3 heterocycles. The van der Waals surface area contributed by atoms with E-state index in [-0.39, 0.29) is 23.6 Å². The van der Waals surface area contributed by atoms with Gasteiger partial charge in [-0.3, -0.25) is 4.79 Å². The fourth-order valence-corrected chi connectivity index (χ4v) is 5.00. The summed E-state index contributed by atoms with van der Waals surface area (Å²) in [4.78, 5) is 26.0. The number of aromatic nitrogens is 2. The van der Waals surface area contributed by atoms with Gasteiger partial charge in [-0.25, -0.2) is 14.4 Å². The quantitative estimate of drug-likeness (QED) is 0.742. The molecule has 3 fully saturated rings. The molecule has 1 amide bonds. The van der Waals surface area contributed by atoms with E-state index < -0.39 is 5.82 Å². The molecule has 2 aliphatic heterocycles. The maximum absolute atomic E-state index is 14.1. The van der Waals surface area contributed by atoms with Gasteiger partial charge in [-0.1, -0.05) is 0 Å². The molecule has 3 aliphatic rings. The number of anilines is 1. The normalized spacial score (nSPS) is 19.7. The van der Waals surface area contributed by atoms with Crippen LogP contribution in [0, 0.1) is 11.2 Å². The Morgan fingerprint density at radius 3 is 2.69 bits per heavy atom. The molecule has 0 bridgehead atoms. The molecule has 1 saturated carbocycles. The topological polar surface area (TPSA) is 70.6 Å². The molecule has 1 aromatic carbocycles. The molecule has 1 aliphatic carbocycles. The SMILES string of the molecule is CC(C)N(C(=O)c1cc(F)ccc1Oc1cncnc1N1CC2(CCNCC2)C1)C1CC1. The molecule has 2 saturated heterocycles. The van der Waals surface area contributed by atoms with Crippen molar-refractivity contribution >= 4 is 11.7 Å². The first-order valence-corrected chi connectivity index (χ1v) is 11.5. The summed E-state index contributed by atoms with van der Waals surface area (Å²) in [5.74, 6) is 0.874. The molecule has 5 rings (SSSR count). The van der Waals surface area contributed by atoms with Crippen molar-refractivity contribution in [3.8, 4) is 11.5 Å². The zero-order valence-corrected chi connectivity index (χ0v) is 18.7. The van der Waals surface area contributed by atoms with Gasteiger partial charge in [0.05, 0.1) is 11.8 Å². The number of hydrogen-bond donors (Lipinski definition) is 1. The molecule has 0 unspecified atom stereocenters. The Kier molecular flexibility index (Phi) is 5.49. The van der Waals surface area contributed by atoms with Crippen molar-refractivity contribution in [2.24, 2.45) is 5.41 Å². The first-order valence-electron chi connectivity index (χ1n) is 11.5. The van der Waals surface area contributed by atoms with Crippen LogP contribution < -0.4 is 15.0 Å². The van der Waals surface area contributed by atoms with Crippen LogP contribution in [0.5, 0.6) is 11.5 Å². The largest absolute Gasteiger partial charge is 0.451 e. The van der Waals surface area contributed by atoms with Crippen molar-refractivity contribution in [2.45, 2.75) is 51.6 Å². The van der Waals surface area contributed by atoms with Crippen LogP contribution in [-0.4, -0.2) is 59.0 Å². The molecule has 1 aromatic heterocycles. The van der Waals surface area contributed by atoms with Gasteiger partial charge in [0.1, 0.15) is 17.9 Å². The van der Waals surface area contributed by atoms with Crippen LogP contribution in [0.3, 0.4) is 0 Å². The number of rotatable bonds is 6. The van der Waals surface area contributed by atoms with Crippen molar-refractivity contribution in [3.63, 3.8) is 0 Å². The first-order chi connectivity index (χ1) is 15.5. The van der Waals surface area contributed by atoms with E-state index in [4.69, 9.17) is 4.74 Å². The van der Waals surface area contributed by atoms with E-state index in [0.717, 1.165) is 57.7 Å². The van der Waals surface area contributed by atoms with Gasteiger partial charge in [-0.15, -0.1) is 0 Å². The number of carbonyl (C=O) groups excluding carboxylic acids is 1. The van der Waals surface area contributed by atoms with Gasteiger partial charge in [-0.2, -0.15) is 0 Å². The number of nitrogens with zero attached hydrogens (tertiary/aromatic N) is 4. The van der Waals surface area contributed by atoms with E-state index in [1.54, 1.807) is 6.20 Å².